The van der Waals surface area contributed by atoms with Gasteiger partial charge in [-0.3, -0.25) is 10.1 Å². The van der Waals surface area contributed by atoms with Gasteiger partial charge in [-0.1, -0.05) is 11.6 Å². The Balaban J connectivity index is 1.73. The zero-order chi connectivity index (χ0) is 15.5. The van der Waals surface area contributed by atoms with Crippen LogP contribution in [-0.2, 0) is 6.54 Å². The number of halogens is 1. The maximum Gasteiger partial charge on any atom is 0.284 e. The van der Waals surface area contributed by atoms with E-state index in [9.17, 15) is 10.1 Å². The van der Waals surface area contributed by atoms with Crippen molar-refractivity contribution in [2.75, 3.05) is 13.1 Å². The van der Waals surface area contributed by atoms with Crippen LogP contribution in [-0.4, -0.2) is 28.2 Å². The second-order valence-corrected chi connectivity index (χ2v) is 6.50. The van der Waals surface area contributed by atoms with E-state index in [1.54, 1.807) is 12.1 Å². The van der Waals surface area contributed by atoms with Gasteiger partial charge in [0.15, 0.2) is 6.54 Å². The van der Waals surface area contributed by atoms with Gasteiger partial charge in [-0.05, 0) is 23.9 Å². The number of rotatable bonds is 5. The molecule has 1 aromatic heterocycles. The molecule has 0 bridgehead atoms. The molecule has 0 amide bonds. The molecule has 1 aromatic carbocycles. The molecule has 2 heterocycles. The van der Waals surface area contributed by atoms with Crippen LogP contribution >= 0.6 is 23.4 Å². The molecule has 0 unspecified atom stereocenters. The van der Waals surface area contributed by atoms with E-state index in [0.717, 1.165) is 24.9 Å². The Hall–Kier alpha value is -1.64. The Morgan fingerprint density at radius 1 is 1.36 bits per heavy atom. The summed E-state index contributed by atoms with van der Waals surface area (Å²) in [6.45, 7) is 2.94. The van der Waals surface area contributed by atoms with Crippen LogP contribution in [0.2, 0.25) is 5.02 Å². The van der Waals surface area contributed by atoms with Gasteiger partial charge >= 0.3 is 0 Å². The fourth-order valence-corrected chi connectivity index (χ4v) is 3.38. The van der Waals surface area contributed by atoms with Gasteiger partial charge < -0.3 is 9.32 Å². The minimum absolute atomic E-state index is 0.0672. The van der Waals surface area contributed by atoms with Crippen molar-refractivity contribution in [1.29, 1.82) is 0 Å². The molecular formula is C13H14ClN4O3S+. The number of aromatic nitrogens is 2. The number of nitrogens with zero attached hydrogens (tertiary/aromatic N) is 3. The fourth-order valence-electron chi connectivity index (χ4n) is 2.43. The summed E-state index contributed by atoms with van der Waals surface area (Å²) < 4.78 is 5.58. The lowest BCUT2D eigenvalue weighted by atomic mass is 10.3. The average Bonchev–Trinajstić information content (AvgIpc) is 3.13. The Kier molecular flexibility index (Phi) is 4.60. The summed E-state index contributed by atoms with van der Waals surface area (Å²) in [6.07, 6.45) is 2.45. The number of hydrogen-bond donors (Lipinski definition) is 1. The number of benzene rings is 1. The van der Waals surface area contributed by atoms with Crippen LogP contribution in [0, 0.1) is 10.1 Å². The summed E-state index contributed by atoms with van der Waals surface area (Å²) in [6, 6.07) is 4.50. The van der Waals surface area contributed by atoms with E-state index in [4.69, 9.17) is 16.0 Å². The Labute approximate surface area is 135 Å². The molecule has 7 nitrogen and oxygen atoms in total. The van der Waals surface area contributed by atoms with Crippen LogP contribution in [0.15, 0.2) is 32.7 Å². The SMILES string of the molecule is O=[N+]([O-])c1cc(Cl)ccc1Sc1nnc(C[NH+]2CCCC2)o1. The molecule has 9 heteroatoms. The van der Waals surface area contributed by atoms with Crippen molar-refractivity contribution in [2.24, 2.45) is 0 Å². The first kappa shape index (κ1) is 15.3. The van der Waals surface area contributed by atoms with E-state index in [0.29, 0.717) is 27.6 Å². The van der Waals surface area contributed by atoms with Crippen molar-refractivity contribution in [1.82, 2.24) is 10.2 Å². The van der Waals surface area contributed by atoms with Crippen LogP contribution < -0.4 is 4.90 Å². The third-order valence-electron chi connectivity index (χ3n) is 3.48. The fraction of sp³-hybridized carbons (Fsp3) is 0.385. The smallest absolute Gasteiger partial charge is 0.284 e. The number of nitro groups is 1. The molecule has 0 spiro atoms. The van der Waals surface area contributed by atoms with Gasteiger partial charge in [0.05, 0.1) is 22.9 Å². The highest BCUT2D eigenvalue weighted by Gasteiger charge is 2.21. The summed E-state index contributed by atoms with van der Waals surface area (Å²) in [7, 11) is 0. The molecule has 22 heavy (non-hydrogen) atoms. The second kappa shape index (κ2) is 6.64. The number of quaternary nitrogens is 1. The Bertz CT molecular complexity index is 688. The molecule has 116 valence electrons. The van der Waals surface area contributed by atoms with Crippen molar-refractivity contribution in [3.63, 3.8) is 0 Å². The summed E-state index contributed by atoms with van der Waals surface area (Å²) in [5.41, 5.74) is -0.0672. The first-order valence-corrected chi connectivity index (χ1v) is 8.09. The van der Waals surface area contributed by atoms with Crippen LogP contribution in [0.4, 0.5) is 5.69 Å². The predicted octanol–water partition coefficient (Wildman–Crippen LogP) is 1.96. The van der Waals surface area contributed by atoms with Gasteiger partial charge in [-0.2, -0.15) is 0 Å². The maximum atomic E-state index is 11.1. The highest BCUT2D eigenvalue weighted by atomic mass is 35.5. The minimum Gasteiger partial charge on any atom is -0.410 e. The summed E-state index contributed by atoms with van der Waals surface area (Å²) >= 11 is 6.88. The third-order valence-corrected chi connectivity index (χ3v) is 4.61. The molecular weight excluding hydrogens is 328 g/mol. The first-order chi connectivity index (χ1) is 10.6. The molecule has 1 N–H and O–H groups in total. The van der Waals surface area contributed by atoms with Crippen LogP contribution in [0.1, 0.15) is 18.7 Å². The van der Waals surface area contributed by atoms with Gasteiger partial charge in [0.25, 0.3) is 16.8 Å². The summed E-state index contributed by atoms with van der Waals surface area (Å²) in [4.78, 5) is 12.4. The molecule has 0 aliphatic carbocycles. The second-order valence-electron chi connectivity index (χ2n) is 5.07. The highest BCUT2D eigenvalue weighted by molar-refractivity contribution is 7.99. The van der Waals surface area contributed by atoms with Gasteiger partial charge in [0, 0.05) is 23.9 Å². The number of nitro benzene ring substituents is 1. The lowest BCUT2D eigenvalue weighted by Crippen LogP contribution is -3.08. The van der Waals surface area contributed by atoms with Crippen LogP contribution in [0.5, 0.6) is 0 Å². The van der Waals surface area contributed by atoms with E-state index in [2.05, 4.69) is 10.2 Å². The molecule has 1 aliphatic rings. The number of likely N-dealkylation sites (tertiary alicyclic amines) is 1. The molecule has 2 aromatic rings. The van der Waals surface area contributed by atoms with E-state index in [1.165, 1.54) is 23.8 Å². The van der Waals surface area contributed by atoms with Gasteiger partial charge in [-0.25, -0.2) is 0 Å². The van der Waals surface area contributed by atoms with Gasteiger partial charge in [-0.15, -0.1) is 10.2 Å². The van der Waals surface area contributed by atoms with Crippen molar-refractivity contribution >= 4 is 29.1 Å². The monoisotopic (exact) mass is 341 g/mol. The molecule has 1 saturated heterocycles. The van der Waals surface area contributed by atoms with Crippen molar-refractivity contribution in [2.45, 2.75) is 29.5 Å². The molecule has 1 fully saturated rings. The largest absolute Gasteiger partial charge is 0.410 e. The summed E-state index contributed by atoms with van der Waals surface area (Å²) in [5.74, 6) is 0.566. The normalized spacial score (nSPS) is 15.3. The van der Waals surface area contributed by atoms with Crippen molar-refractivity contribution in [3.8, 4) is 0 Å². The van der Waals surface area contributed by atoms with Crippen molar-refractivity contribution < 1.29 is 14.2 Å². The van der Waals surface area contributed by atoms with E-state index < -0.39 is 4.92 Å². The topological polar surface area (TPSA) is 86.5 Å². The zero-order valence-electron chi connectivity index (χ0n) is 11.6. The average molecular weight is 342 g/mol. The predicted molar refractivity (Wildman–Crippen MR) is 80.2 cm³/mol. The first-order valence-electron chi connectivity index (χ1n) is 6.89. The molecule has 0 atom stereocenters. The van der Waals surface area contributed by atoms with Crippen LogP contribution in [0.3, 0.4) is 0 Å². The van der Waals surface area contributed by atoms with Gasteiger partial charge in [0.2, 0.25) is 0 Å². The lowest BCUT2D eigenvalue weighted by molar-refractivity contribution is -0.902. The Morgan fingerprint density at radius 2 is 2.14 bits per heavy atom. The quantitative estimate of drug-likeness (QED) is 0.661. The van der Waals surface area contributed by atoms with Gasteiger partial charge in [0.1, 0.15) is 0 Å². The Morgan fingerprint density at radius 3 is 2.86 bits per heavy atom. The third kappa shape index (κ3) is 3.57. The van der Waals surface area contributed by atoms with Crippen LogP contribution in [0.25, 0.3) is 0 Å². The summed E-state index contributed by atoms with van der Waals surface area (Å²) in [5, 5.41) is 19.7. The van der Waals surface area contributed by atoms with E-state index in [1.807, 2.05) is 0 Å². The minimum atomic E-state index is -0.472. The maximum absolute atomic E-state index is 11.1. The number of hydrogen-bond acceptors (Lipinski definition) is 6. The lowest BCUT2D eigenvalue weighted by Gasteiger charge is -2.07. The zero-order valence-corrected chi connectivity index (χ0v) is 13.2. The standard InChI is InChI=1S/C13H13ClN4O3S/c14-9-3-4-11(10(7-9)18(19)20)22-13-16-15-12(21-13)8-17-5-1-2-6-17/h3-4,7H,1-2,5-6,8H2/p+1. The molecule has 1 aliphatic heterocycles. The molecule has 0 saturated carbocycles. The van der Waals surface area contributed by atoms with E-state index in [-0.39, 0.29) is 5.69 Å². The molecule has 0 radical (unpaired) electrons. The van der Waals surface area contributed by atoms with E-state index >= 15 is 0 Å². The van der Waals surface area contributed by atoms with Crippen molar-refractivity contribution in [3.05, 3.63) is 39.2 Å². The molecule has 3 rings (SSSR count). The highest BCUT2D eigenvalue weighted by Crippen LogP contribution is 2.35. The number of nitrogens with one attached hydrogen (secondary N) is 1.